The molecule has 1 atom stereocenters. The number of hydrogen-bond acceptors (Lipinski definition) is 2. The van der Waals surface area contributed by atoms with Crippen molar-refractivity contribution < 1.29 is 0 Å². The van der Waals surface area contributed by atoms with E-state index in [4.69, 9.17) is 0 Å². The van der Waals surface area contributed by atoms with Gasteiger partial charge in [0.1, 0.15) is 0 Å². The van der Waals surface area contributed by atoms with Gasteiger partial charge in [-0.2, -0.15) is 4.91 Å². The van der Waals surface area contributed by atoms with Gasteiger partial charge in [-0.25, -0.2) is 0 Å². The van der Waals surface area contributed by atoms with Crippen LogP contribution in [0.1, 0.15) is 26.2 Å². The molecule has 58 valence electrons. The number of allylic oxidation sites excluding steroid dienone is 1. The third-order valence-corrected chi connectivity index (χ3v) is 1.52. The average molecular weight is 141 g/mol. The fourth-order valence-electron chi connectivity index (χ4n) is 0.907. The minimum absolute atomic E-state index is 0.460. The van der Waals surface area contributed by atoms with Crippen LogP contribution in [-0.2, 0) is 0 Å². The van der Waals surface area contributed by atoms with E-state index in [1.54, 1.807) is 0 Å². The first-order valence-electron chi connectivity index (χ1n) is 3.71. The highest BCUT2D eigenvalue weighted by Gasteiger charge is 1.97. The van der Waals surface area contributed by atoms with Gasteiger partial charge >= 0.3 is 0 Å². The SMILES string of the molecule is C=CCC(C)CCCN=O. The van der Waals surface area contributed by atoms with E-state index < -0.39 is 0 Å². The molecular formula is C8H15NO. The molecule has 0 saturated heterocycles. The van der Waals surface area contributed by atoms with Crippen LogP contribution in [0, 0.1) is 10.8 Å². The van der Waals surface area contributed by atoms with Crippen molar-refractivity contribution in [3.05, 3.63) is 17.6 Å². The Morgan fingerprint density at radius 1 is 1.70 bits per heavy atom. The van der Waals surface area contributed by atoms with E-state index >= 15 is 0 Å². The quantitative estimate of drug-likeness (QED) is 0.317. The Bertz CT molecular complexity index is 101. The second-order valence-corrected chi connectivity index (χ2v) is 2.62. The average Bonchev–Trinajstić information content (AvgIpc) is 1.89. The van der Waals surface area contributed by atoms with Crippen LogP contribution in [0.25, 0.3) is 0 Å². The van der Waals surface area contributed by atoms with E-state index in [1.807, 2.05) is 6.08 Å². The summed E-state index contributed by atoms with van der Waals surface area (Å²) in [6.07, 6.45) is 4.95. The fourth-order valence-corrected chi connectivity index (χ4v) is 0.907. The highest BCUT2D eigenvalue weighted by Crippen LogP contribution is 2.09. The van der Waals surface area contributed by atoms with Crippen LogP contribution >= 0.6 is 0 Å². The number of nitrogens with zero attached hydrogens (tertiary/aromatic N) is 1. The summed E-state index contributed by atoms with van der Waals surface area (Å²) in [6.45, 7) is 6.26. The van der Waals surface area contributed by atoms with Crippen LogP contribution in [0.3, 0.4) is 0 Å². The maximum Gasteiger partial charge on any atom is 0.0811 e. The lowest BCUT2D eigenvalue weighted by molar-refractivity contribution is 0.521. The van der Waals surface area contributed by atoms with Crippen LogP contribution in [0.5, 0.6) is 0 Å². The lowest BCUT2D eigenvalue weighted by Crippen LogP contribution is -1.93. The molecule has 0 aromatic rings. The molecule has 0 heterocycles. The molecule has 0 fully saturated rings. The van der Waals surface area contributed by atoms with Gasteiger partial charge in [0, 0.05) is 0 Å². The first-order chi connectivity index (χ1) is 4.81. The summed E-state index contributed by atoms with van der Waals surface area (Å²) in [4.78, 5) is 9.67. The molecule has 0 aromatic carbocycles. The Morgan fingerprint density at radius 2 is 2.40 bits per heavy atom. The van der Waals surface area contributed by atoms with E-state index in [-0.39, 0.29) is 0 Å². The minimum atomic E-state index is 0.460. The molecule has 0 saturated carbocycles. The lowest BCUT2D eigenvalue weighted by Gasteiger charge is -2.04. The summed E-state index contributed by atoms with van der Waals surface area (Å²) in [5.41, 5.74) is 0. The predicted octanol–water partition coefficient (Wildman–Crippen LogP) is 2.75. The largest absolute Gasteiger partial charge is 0.151 e. The van der Waals surface area contributed by atoms with Gasteiger partial charge in [-0.05, 0) is 25.2 Å². The van der Waals surface area contributed by atoms with Gasteiger partial charge in [0.2, 0.25) is 0 Å². The van der Waals surface area contributed by atoms with Crippen molar-refractivity contribution in [2.45, 2.75) is 26.2 Å². The molecule has 0 aliphatic carbocycles. The first-order valence-corrected chi connectivity index (χ1v) is 3.71. The van der Waals surface area contributed by atoms with Gasteiger partial charge in [0.15, 0.2) is 0 Å². The molecule has 0 spiro atoms. The number of rotatable bonds is 6. The van der Waals surface area contributed by atoms with Crippen LogP contribution in [0.15, 0.2) is 17.8 Å². The first kappa shape index (κ1) is 9.34. The standard InChI is InChI=1S/C8H15NO/c1-3-5-8(2)6-4-7-9-10/h3,8H,1,4-7H2,2H3. The number of nitroso groups, excluding NO2 is 1. The van der Waals surface area contributed by atoms with Crippen molar-refractivity contribution in [2.75, 3.05) is 6.54 Å². The maximum atomic E-state index is 9.67. The highest BCUT2D eigenvalue weighted by atomic mass is 16.3. The zero-order valence-electron chi connectivity index (χ0n) is 6.55. The second-order valence-electron chi connectivity index (χ2n) is 2.62. The van der Waals surface area contributed by atoms with E-state index in [1.165, 1.54) is 0 Å². The second kappa shape index (κ2) is 6.46. The molecule has 0 N–H and O–H groups in total. The van der Waals surface area contributed by atoms with E-state index in [0.717, 1.165) is 19.3 Å². The predicted molar refractivity (Wildman–Crippen MR) is 43.9 cm³/mol. The Hall–Kier alpha value is -0.660. The molecule has 0 aliphatic heterocycles. The van der Waals surface area contributed by atoms with E-state index in [2.05, 4.69) is 18.7 Å². The Morgan fingerprint density at radius 3 is 2.90 bits per heavy atom. The lowest BCUT2D eigenvalue weighted by atomic mass is 10.0. The van der Waals surface area contributed by atoms with E-state index in [0.29, 0.717) is 12.5 Å². The molecule has 0 bridgehead atoms. The normalized spacial score (nSPS) is 12.5. The summed E-state index contributed by atoms with van der Waals surface area (Å²) >= 11 is 0. The molecular weight excluding hydrogens is 126 g/mol. The minimum Gasteiger partial charge on any atom is -0.151 e. The fraction of sp³-hybridized carbons (Fsp3) is 0.750. The third-order valence-electron chi connectivity index (χ3n) is 1.52. The van der Waals surface area contributed by atoms with Crippen LogP contribution in [0.4, 0.5) is 0 Å². The molecule has 0 radical (unpaired) electrons. The Balaban J connectivity index is 3.11. The molecule has 10 heavy (non-hydrogen) atoms. The molecule has 2 nitrogen and oxygen atoms in total. The molecule has 1 unspecified atom stereocenters. The van der Waals surface area contributed by atoms with Crippen molar-refractivity contribution in [1.29, 1.82) is 0 Å². The van der Waals surface area contributed by atoms with Crippen molar-refractivity contribution in [1.82, 2.24) is 0 Å². The van der Waals surface area contributed by atoms with Gasteiger partial charge in [0.05, 0.1) is 6.54 Å². The van der Waals surface area contributed by atoms with E-state index in [9.17, 15) is 4.91 Å². The van der Waals surface area contributed by atoms with Crippen molar-refractivity contribution in [3.8, 4) is 0 Å². The molecule has 0 amide bonds. The monoisotopic (exact) mass is 141 g/mol. The van der Waals surface area contributed by atoms with Crippen molar-refractivity contribution >= 4 is 0 Å². The highest BCUT2D eigenvalue weighted by molar-refractivity contribution is 4.70. The topological polar surface area (TPSA) is 29.4 Å². The third kappa shape index (κ3) is 5.48. The zero-order chi connectivity index (χ0) is 7.82. The number of hydrogen-bond donors (Lipinski definition) is 0. The van der Waals surface area contributed by atoms with Gasteiger partial charge < -0.3 is 0 Å². The molecule has 2 heteroatoms. The maximum absolute atomic E-state index is 9.67. The van der Waals surface area contributed by atoms with Crippen molar-refractivity contribution in [3.63, 3.8) is 0 Å². The summed E-state index contributed by atoms with van der Waals surface area (Å²) in [6, 6.07) is 0. The van der Waals surface area contributed by atoms with Crippen molar-refractivity contribution in [2.24, 2.45) is 11.1 Å². The van der Waals surface area contributed by atoms with Gasteiger partial charge in [-0.1, -0.05) is 18.2 Å². The molecule has 0 rings (SSSR count). The smallest absolute Gasteiger partial charge is 0.0811 e. The molecule has 0 aromatic heterocycles. The Labute approximate surface area is 62.3 Å². The zero-order valence-corrected chi connectivity index (χ0v) is 6.55. The summed E-state index contributed by atoms with van der Waals surface area (Å²) in [5.74, 6) is 0.652. The van der Waals surface area contributed by atoms with Crippen LogP contribution in [0.2, 0.25) is 0 Å². The van der Waals surface area contributed by atoms with Gasteiger partial charge in [-0.3, -0.25) is 0 Å². The van der Waals surface area contributed by atoms with Crippen LogP contribution in [-0.4, -0.2) is 6.54 Å². The van der Waals surface area contributed by atoms with Gasteiger partial charge in [-0.15, -0.1) is 6.58 Å². The molecule has 0 aliphatic rings. The summed E-state index contributed by atoms with van der Waals surface area (Å²) in [7, 11) is 0. The summed E-state index contributed by atoms with van der Waals surface area (Å²) < 4.78 is 0. The summed E-state index contributed by atoms with van der Waals surface area (Å²) in [5, 5.41) is 2.79. The van der Waals surface area contributed by atoms with Gasteiger partial charge in [0.25, 0.3) is 0 Å². The van der Waals surface area contributed by atoms with Crippen LogP contribution < -0.4 is 0 Å². The Kier molecular flexibility index (Phi) is 6.03.